The van der Waals surface area contributed by atoms with E-state index in [9.17, 15) is 19.8 Å². The van der Waals surface area contributed by atoms with Crippen molar-refractivity contribution in [3.05, 3.63) is 0 Å². The zero-order valence-electron chi connectivity index (χ0n) is 19.7. The normalized spacial score (nSPS) is 9.87. The van der Waals surface area contributed by atoms with E-state index < -0.39 is 11.9 Å². The monoisotopic (exact) mass is 504 g/mol. The molecule has 0 atom stereocenters. The van der Waals surface area contributed by atoms with Gasteiger partial charge in [0, 0.05) is 11.9 Å². The topological polar surface area (TPSA) is 97.3 Å². The first-order valence-corrected chi connectivity index (χ1v) is 13.1. The standard InChI is InChI=1S/2C12H24O2.O.Zr/c2*1-2-3-4-5-6-7-8-9-10-11-12(13)14;;/h2*2-11H2,1H3,(H,13,14);;/q;;;+2/p-2. The third kappa shape index (κ3) is 41.9. The molecule has 0 saturated carbocycles. The predicted octanol–water partition coefficient (Wildman–Crippen LogP) is 5.19. The number of hydrogen-bond acceptors (Lipinski definition) is 5. The molecule has 0 N–H and O–H groups in total. The number of unbranched alkanes of at least 4 members (excludes halogenated alkanes) is 16. The molecule has 30 heavy (non-hydrogen) atoms. The fraction of sp³-hybridized carbons (Fsp3) is 0.917. The van der Waals surface area contributed by atoms with Gasteiger partial charge in [-0.3, -0.25) is 0 Å². The molecule has 0 aromatic rings. The van der Waals surface area contributed by atoms with Crippen molar-refractivity contribution < 1.29 is 47.3 Å². The van der Waals surface area contributed by atoms with E-state index in [1.807, 2.05) is 0 Å². The van der Waals surface area contributed by atoms with Gasteiger partial charge in [0.1, 0.15) is 0 Å². The molecule has 0 aliphatic carbocycles. The number of hydrogen-bond donors (Lipinski definition) is 0. The Hall–Kier alpha value is -0.377. The molecule has 0 fully saturated rings. The van der Waals surface area contributed by atoms with Crippen molar-refractivity contribution in [2.24, 2.45) is 0 Å². The Kier molecular flexibility index (Phi) is 38.0. The van der Waals surface area contributed by atoms with E-state index in [2.05, 4.69) is 13.8 Å². The molecular formula is C24H46O5Zr. The summed E-state index contributed by atoms with van der Waals surface area (Å²) < 4.78 is 8.34. The van der Waals surface area contributed by atoms with Gasteiger partial charge in [-0.1, -0.05) is 117 Å². The summed E-state index contributed by atoms with van der Waals surface area (Å²) in [5, 5.41) is 20.2. The summed E-state index contributed by atoms with van der Waals surface area (Å²) in [7, 11) is 0. The number of carbonyl (C=O) groups is 2. The van der Waals surface area contributed by atoms with E-state index in [0.29, 0.717) is 24.7 Å². The number of rotatable bonds is 20. The summed E-state index contributed by atoms with van der Waals surface area (Å²) in [5.74, 6) is -1.82. The summed E-state index contributed by atoms with van der Waals surface area (Å²) in [5.41, 5.74) is 0. The van der Waals surface area contributed by atoms with Crippen LogP contribution in [0.4, 0.5) is 0 Å². The van der Waals surface area contributed by atoms with Crippen LogP contribution in [0.15, 0.2) is 0 Å². The molecule has 5 nitrogen and oxygen atoms in total. The summed E-state index contributed by atoms with van der Waals surface area (Å²) in [6.07, 6.45) is 22.3. The molecule has 0 aromatic carbocycles. The SMILES string of the molecule is CCCCCCCCCCCC(=O)[O-].CCCCCCCCCCCC(=O)[O-].[O]=[Zr+2]. The molecule has 0 radical (unpaired) electrons. The van der Waals surface area contributed by atoms with Crippen LogP contribution in [0.25, 0.3) is 0 Å². The van der Waals surface area contributed by atoms with Crippen LogP contribution in [0.5, 0.6) is 0 Å². The maximum atomic E-state index is 10.1. The van der Waals surface area contributed by atoms with Crippen LogP contribution in [-0.4, -0.2) is 11.9 Å². The van der Waals surface area contributed by atoms with Crippen molar-refractivity contribution in [2.75, 3.05) is 0 Å². The van der Waals surface area contributed by atoms with E-state index >= 15 is 0 Å². The number of carbonyl (C=O) groups excluding carboxylic acids is 2. The molecule has 0 aromatic heterocycles. The van der Waals surface area contributed by atoms with Crippen LogP contribution >= 0.6 is 0 Å². The average Bonchev–Trinajstić information content (AvgIpc) is 2.73. The third-order valence-electron chi connectivity index (χ3n) is 4.97. The van der Waals surface area contributed by atoms with Crippen LogP contribution < -0.4 is 10.2 Å². The molecule has 176 valence electrons. The molecule has 0 aliphatic rings. The molecule has 0 aliphatic heterocycles. The van der Waals surface area contributed by atoms with Crippen molar-refractivity contribution in [3.63, 3.8) is 0 Å². The number of carboxylic acid groups (broad SMARTS) is 2. The van der Waals surface area contributed by atoms with Gasteiger partial charge in [0.05, 0.1) is 0 Å². The second-order valence-electron chi connectivity index (χ2n) is 7.90. The van der Waals surface area contributed by atoms with Crippen molar-refractivity contribution in [2.45, 2.75) is 142 Å². The van der Waals surface area contributed by atoms with Gasteiger partial charge in [-0.2, -0.15) is 0 Å². The molecule has 0 spiro atoms. The van der Waals surface area contributed by atoms with Gasteiger partial charge < -0.3 is 19.8 Å². The van der Waals surface area contributed by atoms with Crippen molar-refractivity contribution in [3.8, 4) is 0 Å². The third-order valence-corrected chi connectivity index (χ3v) is 4.97. The molecule has 0 heterocycles. The van der Waals surface area contributed by atoms with Gasteiger partial charge in [-0.25, -0.2) is 0 Å². The second kappa shape index (κ2) is 33.3. The summed E-state index contributed by atoms with van der Waals surface area (Å²) in [6, 6.07) is 0. The van der Waals surface area contributed by atoms with E-state index in [0.717, 1.165) is 25.7 Å². The van der Waals surface area contributed by atoms with Crippen molar-refractivity contribution in [1.29, 1.82) is 0 Å². The van der Waals surface area contributed by atoms with Crippen LogP contribution in [0, 0.1) is 0 Å². The van der Waals surface area contributed by atoms with Crippen LogP contribution in [0.2, 0.25) is 0 Å². The predicted molar refractivity (Wildman–Crippen MR) is 114 cm³/mol. The molecule has 0 bridgehead atoms. The Bertz CT molecular complexity index is 318. The molecular weight excluding hydrogens is 459 g/mol. The quantitative estimate of drug-likeness (QED) is 0.212. The Labute approximate surface area is 201 Å². The minimum absolute atomic E-state index is 0.232. The van der Waals surface area contributed by atoms with Crippen molar-refractivity contribution >= 4 is 11.9 Å². The molecule has 6 heteroatoms. The van der Waals surface area contributed by atoms with Gasteiger partial charge in [0.25, 0.3) is 0 Å². The van der Waals surface area contributed by atoms with E-state index in [-0.39, 0.29) is 12.8 Å². The van der Waals surface area contributed by atoms with Crippen LogP contribution in [-0.2, 0) is 37.1 Å². The minimum atomic E-state index is -0.909. The zero-order chi connectivity index (χ0) is 23.3. The average molecular weight is 506 g/mol. The zero-order valence-corrected chi connectivity index (χ0v) is 22.1. The van der Waals surface area contributed by atoms with Gasteiger partial charge in [-0.05, 0) is 25.7 Å². The first-order valence-electron chi connectivity index (χ1n) is 12.1. The fourth-order valence-electron chi connectivity index (χ4n) is 3.16. The van der Waals surface area contributed by atoms with E-state index in [4.69, 9.17) is 2.81 Å². The van der Waals surface area contributed by atoms with E-state index in [1.165, 1.54) is 89.9 Å². The van der Waals surface area contributed by atoms with Gasteiger partial charge in [0.15, 0.2) is 0 Å². The molecule has 0 amide bonds. The Morgan fingerprint density at radius 1 is 0.467 bits per heavy atom. The van der Waals surface area contributed by atoms with Crippen LogP contribution in [0.3, 0.4) is 0 Å². The van der Waals surface area contributed by atoms with Gasteiger partial charge >= 0.3 is 27.5 Å². The second-order valence-corrected chi connectivity index (χ2v) is 7.90. The molecule has 0 unspecified atom stereocenters. The Balaban J connectivity index is -0.000000448. The van der Waals surface area contributed by atoms with Crippen molar-refractivity contribution in [1.82, 2.24) is 0 Å². The molecule has 0 saturated heterocycles. The summed E-state index contributed by atoms with van der Waals surface area (Å²) >= 11 is 0.300. The van der Waals surface area contributed by atoms with Gasteiger partial charge in [0.2, 0.25) is 0 Å². The number of carboxylic acids is 2. The number of aliphatic carboxylic acids is 2. The Morgan fingerprint density at radius 3 is 0.867 bits per heavy atom. The van der Waals surface area contributed by atoms with Crippen LogP contribution in [0.1, 0.15) is 142 Å². The molecule has 0 rings (SSSR count). The first kappa shape index (κ1) is 34.2. The summed E-state index contributed by atoms with van der Waals surface area (Å²) in [6.45, 7) is 4.44. The first-order chi connectivity index (χ1) is 14.5. The Morgan fingerprint density at radius 2 is 0.667 bits per heavy atom. The van der Waals surface area contributed by atoms with E-state index in [1.54, 1.807) is 0 Å². The van der Waals surface area contributed by atoms with Gasteiger partial charge in [-0.15, -0.1) is 0 Å². The fourth-order valence-corrected chi connectivity index (χ4v) is 3.16. The maximum absolute atomic E-state index is 10.1. The summed E-state index contributed by atoms with van der Waals surface area (Å²) in [4.78, 5) is 20.2.